The molecule has 0 radical (unpaired) electrons. The number of H-pyrrole nitrogens is 1. The first-order valence-corrected chi connectivity index (χ1v) is 9.21. The van der Waals surface area contributed by atoms with E-state index in [9.17, 15) is 4.79 Å². The second kappa shape index (κ2) is 6.58. The van der Waals surface area contributed by atoms with E-state index in [1.54, 1.807) is 12.1 Å². The summed E-state index contributed by atoms with van der Waals surface area (Å²) in [6.45, 7) is 1.95. The topological polar surface area (TPSA) is 115 Å². The van der Waals surface area contributed by atoms with Gasteiger partial charge in [0.2, 0.25) is 0 Å². The number of imidazole rings is 1. The quantitative estimate of drug-likeness (QED) is 0.507. The molecule has 2 aromatic heterocycles. The summed E-state index contributed by atoms with van der Waals surface area (Å²) in [5.41, 5.74) is 9.99. The molecule has 28 heavy (non-hydrogen) atoms. The van der Waals surface area contributed by atoms with E-state index in [1.807, 2.05) is 41.2 Å². The fourth-order valence-corrected chi connectivity index (χ4v) is 3.62. The van der Waals surface area contributed by atoms with E-state index in [0.29, 0.717) is 22.9 Å². The molecule has 0 aliphatic carbocycles. The molecule has 1 fully saturated rings. The van der Waals surface area contributed by atoms with Crippen molar-refractivity contribution in [1.82, 2.24) is 30.3 Å². The number of aromatic nitrogens is 5. The lowest BCUT2D eigenvalue weighted by Crippen LogP contribution is -2.13. The van der Waals surface area contributed by atoms with Crippen LogP contribution >= 0.6 is 0 Å². The van der Waals surface area contributed by atoms with Gasteiger partial charge in [0.25, 0.3) is 5.91 Å². The maximum atomic E-state index is 11.6. The van der Waals surface area contributed by atoms with Crippen molar-refractivity contribution in [1.29, 1.82) is 0 Å². The van der Waals surface area contributed by atoms with Crippen molar-refractivity contribution in [2.75, 3.05) is 13.1 Å². The van der Waals surface area contributed by atoms with Gasteiger partial charge in [0.1, 0.15) is 17.0 Å². The number of para-hydroxylation sites is 1. The monoisotopic (exact) mass is 373 g/mol. The normalized spacial score (nSPS) is 16.6. The summed E-state index contributed by atoms with van der Waals surface area (Å²) in [7, 11) is 0. The van der Waals surface area contributed by atoms with Gasteiger partial charge in [-0.3, -0.25) is 4.79 Å². The molecule has 0 saturated carbocycles. The first kappa shape index (κ1) is 16.6. The largest absolute Gasteiger partial charge is 0.366 e. The Morgan fingerprint density at radius 3 is 2.71 bits per heavy atom. The minimum absolute atomic E-state index is 0.371. The third-order valence-electron chi connectivity index (χ3n) is 5.15. The molecular formula is C20H19N7O. The Bertz CT molecular complexity index is 1150. The molecule has 0 bridgehead atoms. The van der Waals surface area contributed by atoms with Crippen molar-refractivity contribution >= 4 is 16.9 Å². The third-order valence-corrected chi connectivity index (χ3v) is 5.15. The fourth-order valence-electron chi connectivity index (χ4n) is 3.62. The minimum atomic E-state index is -0.487. The molecule has 1 amide bonds. The Hall–Kier alpha value is -3.52. The predicted molar refractivity (Wildman–Crippen MR) is 106 cm³/mol. The predicted octanol–water partition coefficient (Wildman–Crippen LogP) is 2.12. The van der Waals surface area contributed by atoms with Crippen molar-refractivity contribution in [2.24, 2.45) is 5.73 Å². The van der Waals surface area contributed by atoms with Gasteiger partial charge in [-0.15, -0.1) is 5.10 Å². The standard InChI is InChI=1S/C20H19N7O/c21-19(28)15-2-1-3-16-18(15)24-20(23-16)13-6-4-12(5-7-13)17-11-27(26-25-17)14-8-9-22-10-14/h1-7,11,14,22H,8-10H2,(H2,21,28)(H,23,24)/t14-/m1/s1. The number of carbonyl (C=O) groups excluding carboxylic acids is 1. The summed E-state index contributed by atoms with van der Waals surface area (Å²) in [4.78, 5) is 19.4. The van der Waals surface area contributed by atoms with Crippen LogP contribution < -0.4 is 11.1 Å². The molecule has 4 aromatic rings. The maximum absolute atomic E-state index is 11.6. The van der Waals surface area contributed by atoms with Crippen molar-refractivity contribution in [3.63, 3.8) is 0 Å². The summed E-state index contributed by atoms with van der Waals surface area (Å²) in [5.74, 6) is 0.204. The highest BCUT2D eigenvalue weighted by atomic mass is 16.1. The molecule has 1 aliphatic rings. The van der Waals surface area contributed by atoms with Crippen molar-refractivity contribution in [3.05, 3.63) is 54.2 Å². The number of nitrogens with two attached hydrogens (primary N) is 1. The first-order chi connectivity index (χ1) is 13.7. The van der Waals surface area contributed by atoms with Gasteiger partial charge in [0, 0.05) is 17.7 Å². The summed E-state index contributed by atoms with van der Waals surface area (Å²) in [6, 6.07) is 13.7. The van der Waals surface area contributed by atoms with Gasteiger partial charge in [-0.25, -0.2) is 9.67 Å². The Morgan fingerprint density at radius 2 is 1.96 bits per heavy atom. The van der Waals surface area contributed by atoms with Crippen molar-refractivity contribution < 1.29 is 4.79 Å². The Morgan fingerprint density at radius 1 is 1.14 bits per heavy atom. The molecule has 0 unspecified atom stereocenters. The maximum Gasteiger partial charge on any atom is 0.250 e. The molecule has 140 valence electrons. The number of fused-ring (bicyclic) bond motifs is 1. The highest BCUT2D eigenvalue weighted by molar-refractivity contribution is 6.04. The van der Waals surface area contributed by atoms with E-state index < -0.39 is 5.91 Å². The number of aromatic amines is 1. The number of amides is 1. The van der Waals surface area contributed by atoms with Crippen LogP contribution in [0.5, 0.6) is 0 Å². The summed E-state index contributed by atoms with van der Waals surface area (Å²) >= 11 is 0. The van der Waals surface area contributed by atoms with Crippen LogP contribution in [0.3, 0.4) is 0 Å². The zero-order chi connectivity index (χ0) is 19.1. The number of benzene rings is 2. The molecule has 5 rings (SSSR count). The lowest BCUT2D eigenvalue weighted by molar-refractivity contribution is 0.100. The summed E-state index contributed by atoms with van der Waals surface area (Å²) in [6.07, 6.45) is 3.06. The lowest BCUT2D eigenvalue weighted by atomic mass is 10.1. The second-order valence-corrected chi connectivity index (χ2v) is 6.96. The minimum Gasteiger partial charge on any atom is -0.366 e. The van der Waals surface area contributed by atoms with Gasteiger partial charge in [-0.2, -0.15) is 0 Å². The third kappa shape index (κ3) is 2.84. The van der Waals surface area contributed by atoms with Crippen molar-refractivity contribution in [3.8, 4) is 22.6 Å². The van der Waals surface area contributed by atoms with Gasteiger partial charge in [0.15, 0.2) is 0 Å². The Balaban J connectivity index is 1.44. The molecule has 2 aromatic carbocycles. The van der Waals surface area contributed by atoms with E-state index in [0.717, 1.165) is 41.8 Å². The number of rotatable bonds is 4. The van der Waals surface area contributed by atoms with Crippen LogP contribution in [-0.2, 0) is 0 Å². The SMILES string of the molecule is NC(=O)c1cccc2[nH]c(-c3ccc(-c4cn([C@@H]5CCNC5)nn4)cc3)nc12. The molecule has 1 aliphatic heterocycles. The van der Waals surface area contributed by atoms with E-state index >= 15 is 0 Å². The van der Waals surface area contributed by atoms with Crippen LogP contribution in [0, 0.1) is 0 Å². The lowest BCUT2D eigenvalue weighted by Gasteiger charge is -2.06. The zero-order valence-electron chi connectivity index (χ0n) is 15.1. The molecule has 1 saturated heterocycles. The number of primary amides is 1. The van der Waals surface area contributed by atoms with Crippen LogP contribution in [0.4, 0.5) is 0 Å². The zero-order valence-corrected chi connectivity index (χ0v) is 15.1. The number of carbonyl (C=O) groups is 1. The Kier molecular flexibility index (Phi) is 3.91. The Labute approximate surface area is 160 Å². The van der Waals surface area contributed by atoms with Crippen LogP contribution in [0.15, 0.2) is 48.7 Å². The van der Waals surface area contributed by atoms with Crippen LogP contribution in [0.2, 0.25) is 0 Å². The van der Waals surface area contributed by atoms with Crippen LogP contribution in [0.1, 0.15) is 22.8 Å². The molecule has 4 N–H and O–H groups in total. The molecule has 1 atom stereocenters. The van der Waals surface area contributed by atoms with Crippen molar-refractivity contribution in [2.45, 2.75) is 12.5 Å². The molecule has 0 spiro atoms. The smallest absolute Gasteiger partial charge is 0.250 e. The number of hydrogen-bond donors (Lipinski definition) is 3. The first-order valence-electron chi connectivity index (χ1n) is 9.21. The fraction of sp³-hybridized carbons (Fsp3) is 0.200. The van der Waals surface area contributed by atoms with E-state index in [1.165, 1.54) is 0 Å². The summed E-state index contributed by atoms with van der Waals surface area (Å²) < 4.78 is 1.94. The van der Waals surface area contributed by atoms with Gasteiger partial charge < -0.3 is 16.0 Å². The number of nitrogens with one attached hydrogen (secondary N) is 2. The molecule has 8 nitrogen and oxygen atoms in total. The molecule has 8 heteroatoms. The van der Waals surface area contributed by atoms with E-state index in [-0.39, 0.29) is 0 Å². The highest BCUT2D eigenvalue weighted by Crippen LogP contribution is 2.26. The van der Waals surface area contributed by atoms with Crippen LogP contribution in [0.25, 0.3) is 33.7 Å². The van der Waals surface area contributed by atoms with Gasteiger partial charge in [-0.05, 0) is 25.1 Å². The highest BCUT2D eigenvalue weighted by Gasteiger charge is 2.18. The number of nitrogens with zero attached hydrogens (tertiary/aromatic N) is 4. The average Bonchev–Trinajstić information content (AvgIpc) is 3.47. The van der Waals surface area contributed by atoms with Gasteiger partial charge in [-0.1, -0.05) is 35.5 Å². The van der Waals surface area contributed by atoms with E-state index in [2.05, 4.69) is 25.6 Å². The molecule has 3 heterocycles. The number of hydrogen-bond acceptors (Lipinski definition) is 5. The average molecular weight is 373 g/mol. The summed E-state index contributed by atoms with van der Waals surface area (Å²) in [5, 5.41) is 11.9. The van der Waals surface area contributed by atoms with Gasteiger partial charge in [0.05, 0.1) is 23.3 Å². The molecular weight excluding hydrogens is 354 g/mol. The van der Waals surface area contributed by atoms with Gasteiger partial charge >= 0.3 is 0 Å². The second-order valence-electron chi connectivity index (χ2n) is 6.96. The van der Waals surface area contributed by atoms with E-state index in [4.69, 9.17) is 5.73 Å². The van der Waals surface area contributed by atoms with Crippen LogP contribution in [-0.4, -0.2) is 44.0 Å².